The maximum atomic E-state index is 14.0. The Morgan fingerprint density at radius 2 is 1.74 bits per heavy atom. The van der Waals surface area contributed by atoms with Crippen LogP contribution in [0.5, 0.6) is 5.75 Å². The summed E-state index contributed by atoms with van der Waals surface area (Å²) in [5.74, 6) is -1.74. The van der Waals surface area contributed by atoms with Crippen molar-refractivity contribution in [3.8, 4) is 22.9 Å². The van der Waals surface area contributed by atoms with E-state index in [-0.39, 0.29) is 29.4 Å². The van der Waals surface area contributed by atoms with E-state index in [1.807, 2.05) is 6.07 Å². The van der Waals surface area contributed by atoms with E-state index in [9.17, 15) is 17.6 Å². The summed E-state index contributed by atoms with van der Waals surface area (Å²) in [4.78, 5) is 4.29. The van der Waals surface area contributed by atoms with E-state index in [0.717, 1.165) is 17.7 Å². The zero-order chi connectivity index (χ0) is 22.0. The van der Waals surface area contributed by atoms with E-state index < -0.39 is 24.3 Å². The maximum Gasteiger partial charge on any atom is 0.387 e. The lowest BCUT2D eigenvalue weighted by atomic mass is 9.99. The van der Waals surface area contributed by atoms with E-state index in [1.54, 1.807) is 24.3 Å². The zero-order valence-corrected chi connectivity index (χ0v) is 15.9. The summed E-state index contributed by atoms with van der Waals surface area (Å²) in [5.41, 5.74) is 1.59. The molecule has 8 heteroatoms. The van der Waals surface area contributed by atoms with Crippen LogP contribution in [-0.2, 0) is 4.74 Å². The van der Waals surface area contributed by atoms with Gasteiger partial charge in [0.05, 0.1) is 11.6 Å². The van der Waals surface area contributed by atoms with Crippen LogP contribution in [0.4, 0.5) is 17.6 Å². The van der Waals surface area contributed by atoms with Crippen molar-refractivity contribution in [2.45, 2.75) is 12.7 Å². The van der Waals surface area contributed by atoms with Gasteiger partial charge in [0.2, 0.25) is 5.90 Å². The van der Waals surface area contributed by atoms with E-state index in [1.165, 1.54) is 24.3 Å². The molecule has 3 aromatic rings. The molecule has 0 radical (unpaired) electrons. The largest absolute Gasteiger partial charge is 0.475 e. The van der Waals surface area contributed by atoms with Crippen molar-refractivity contribution >= 4 is 5.90 Å². The third-order valence-corrected chi connectivity index (χ3v) is 4.76. The lowest BCUT2D eigenvalue weighted by Gasteiger charge is -2.12. The number of alkyl halides is 2. The molecular weight excluding hydrogens is 412 g/mol. The highest BCUT2D eigenvalue weighted by atomic mass is 19.3. The van der Waals surface area contributed by atoms with Crippen molar-refractivity contribution in [1.29, 1.82) is 5.26 Å². The molecule has 1 unspecified atom stereocenters. The number of halogens is 4. The van der Waals surface area contributed by atoms with Gasteiger partial charge in [-0.05, 0) is 41.5 Å². The van der Waals surface area contributed by atoms with Gasteiger partial charge in [-0.15, -0.1) is 0 Å². The van der Waals surface area contributed by atoms with Crippen molar-refractivity contribution in [2.24, 2.45) is 4.99 Å². The van der Waals surface area contributed by atoms with E-state index in [2.05, 4.69) is 9.73 Å². The van der Waals surface area contributed by atoms with Gasteiger partial charge in [-0.1, -0.05) is 30.3 Å². The van der Waals surface area contributed by atoms with E-state index in [4.69, 9.17) is 10.00 Å². The van der Waals surface area contributed by atoms with E-state index in [0.29, 0.717) is 11.1 Å². The second-order valence-electron chi connectivity index (χ2n) is 6.68. The molecule has 0 fully saturated rings. The molecule has 1 aliphatic rings. The van der Waals surface area contributed by atoms with Crippen LogP contribution in [0.2, 0.25) is 0 Å². The molecule has 3 aromatic carbocycles. The Balaban J connectivity index is 1.61. The predicted molar refractivity (Wildman–Crippen MR) is 105 cm³/mol. The van der Waals surface area contributed by atoms with Crippen LogP contribution in [0.1, 0.15) is 22.7 Å². The first-order valence-corrected chi connectivity index (χ1v) is 9.20. The van der Waals surface area contributed by atoms with Crippen LogP contribution >= 0.6 is 0 Å². The van der Waals surface area contributed by atoms with E-state index >= 15 is 0 Å². The van der Waals surface area contributed by atoms with Gasteiger partial charge in [-0.3, -0.25) is 0 Å². The van der Waals surface area contributed by atoms with Crippen LogP contribution < -0.4 is 4.74 Å². The molecule has 0 N–H and O–H groups in total. The van der Waals surface area contributed by atoms with Gasteiger partial charge in [0.1, 0.15) is 35.6 Å². The number of hydrogen-bond donors (Lipinski definition) is 0. The number of nitriles is 1. The van der Waals surface area contributed by atoms with Gasteiger partial charge < -0.3 is 9.47 Å². The Bertz CT molecular complexity index is 1170. The first-order valence-electron chi connectivity index (χ1n) is 9.20. The lowest BCUT2D eigenvalue weighted by molar-refractivity contribution is -0.0494. The number of ether oxygens (including phenoxy) is 2. The normalized spacial score (nSPS) is 15.4. The Labute approximate surface area is 175 Å². The highest BCUT2D eigenvalue weighted by molar-refractivity contribution is 5.95. The molecule has 0 amide bonds. The highest BCUT2D eigenvalue weighted by Crippen LogP contribution is 2.34. The lowest BCUT2D eigenvalue weighted by Crippen LogP contribution is -2.07. The summed E-state index contributed by atoms with van der Waals surface area (Å²) < 4.78 is 63.4. The minimum Gasteiger partial charge on any atom is -0.475 e. The van der Waals surface area contributed by atoms with Crippen LogP contribution in [0, 0.1) is 23.0 Å². The summed E-state index contributed by atoms with van der Waals surface area (Å²) >= 11 is 0. The highest BCUT2D eigenvalue weighted by Gasteiger charge is 2.26. The molecule has 1 heterocycles. The van der Waals surface area contributed by atoms with Gasteiger partial charge in [0, 0.05) is 5.56 Å². The molecule has 0 saturated carbocycles. The molecule has 4 nitrogen and oxygen atoms in total. The van der Waals surface area contributed by atoms with Crippen LogP contribution in [0.25, 0.3) is 11.1 Å². The fourth-order valence-corrected chi connectivity index (χ4v) is 3.29. The summed E-state index contributed by atoms with van der Waals surface area (Å²) in [6.45, 7) is -2.92. The quantitative estimate of drug-likeness (QED) is 0.498. The second-order valence-corrected chi connectivity index (χ2v) is 6.68. The molecule has 0 bridgehead atoms. The van der Waals surface area contributed by atoms with Crippen LogP contribution in [0.15, 0.2) is 65.7 Å². The fourth-order valence-electron chi connectivity index (χ4n) is 3.29. The second kappa shape index (κ2) is 8.48. The number of rotatable bonds is 5. The summed E-state index contributed by atoms with van der Waals surface area (Å²) in [6, 6.07) is 16.0. The van der Waals surface area contributed by atoms with Crippen LogP contribution in [-0.4, -0.2) is 19.1 Å². The molecule has 0 saturated heterocycles. The molecule has 1 atom stereocenters. The molecular formula is C23H14F4N2O2. The van der Waals surface area contributed by atoms with Crippen molar-refractivity contribution in [3.63, 3.8) is 0 Å². The van der Waals surface area contributed by atoms with Gasteiger partial charge in [-0.2, -0.15) is 14.0 Å². The number of nitrogens with zero attached hydrogens (tertiary/aromatic N) is 2. The topological polar surface area (TPSA) is 54.6 Å². The fraction of sp³-hybridized carbons (Fsp3) is 0.130. The average molecular weight is 426 g/mol. The monoisotopic (exact) mass is 426 g/mol. The number of hydrogen-bond acceptors (Lipinski definition) is 4. The molecule has 31 heavy (non-hydrogen) atoms. The van der Waals surface area contributed by atoms with Crippen LogP contribution in [0.3, 0.4) is 0 Å². The third-order valence-electron chi connectivity index (χ3n) is 4.76. The number of benzene rings is 3. The van der Waals surface area contributed by atoms with Gasteiger partial charge in [0.25, 0.3) is 0 Å². The smallest absolute Gasteiger partial charge is 0.387 e. The molecule has 0 aliphatic carbocycles. The van der Waals surface area contributed by atoms with Gasteiger partial charge in [0.15, 0.2) is 0 Å². The predicted octanol–water partition coefficient (Wildman–Crippen LogP) is 5.62. The summed E-state index contributed by atoms with van der Waals surface area (Å²) in [5, 5.41) is 8.99. The first-order chi connectivity index (χ1) is 15.0. The zero-order valence-electron chi connectivity index (χ0n) is 15.9. The minimum absolute atomic E-state index is 0.107. The number of aliphatic imine (C=N–C) groups is 1. The van der Waals surface area contributed by atoms with Gasteiger partial charge >= 0.3 is 6.61 Å². The molecule has 0 aromatic heterocycles. The van der Waals surface area contributed by atoms with Crippen molar-refractivity contribution < 1.29 is 27.0 Å². The summed E-state index contributed by atoms with van der Waals surface area (Å²) in [6.07, 6.45) is 0. The molecule has 1 aliphatic heterocycles. The molecule has 0 spiro atoms. The molecule has 156 valence electrons. The van der Waals surface area contributed by atoms with Crippen molar-refractivity contribution in [1.82, 2.24) is 0 Å². The molecule has 4 rings (SSSR count). The Morgan fingerprint density at radius 1 is 1.03 bits per heavy atom. The maximum absolute atomic E-state index is 14.0. The third kappa shape index (κ3) is 4.21. The van der Waals surface area contributed by atoms with Gasteiger partial charge in [-0.25, -0.2) is 13.8 Å². The minimum atomic E-state index is -3.03. The van der Waals surface area contributed by atoms with Crippen molar-refractivity contribution in [2.75, 3.05) is 6.61 Å². The SMILES string of the molecule is N#Cc1ccc(-c2ccc(C3COC(c4c(F)cccc4F)=N3)cc2)c(OC(F)F)c1. The first kappa shape index (κ1) is 20.4. The Morgan fingerprint density at radius 3 is 2.39 bits per heavy atom. The summed E-state index contributed by atoms with van der Waals surface area (Å²) in [7, 11) is 0. The van der Waals surface area contributed by atoms with Crippen molar-refractivity contribution in [3.05, 3.63) is 89.0 Å². The standard InChI is InChI=1S/C23H14F4N2O2/c24-17-2-1-3-18(25)21(17)22-29-19(12-30-22)15-7-5-14(6-8-15)16-9-4-13(11-28)10-20(16)31-23(26)27/h1-10,19,23H,12H2. The Kier molecular flexibility index (Phi) is 5.58. The average Bonchev–Trinajstić information content (AvgIpc) is 3.23. The Hall–Kier alpha value is -3.86.